The molecule has 0 radical (unpaired) electrons. The molecule has 0 saturated heterocycles. The van der Waals surface area contributed by atoms with Crippen LogP contribution in [0, 0.1) is 0 Å². The van der Waals surface area contributed by atoms with E-state index in [4.69, 9.17) is 4.74 Å². The van der Waals surface area contributed by atoms with Crippen LogP contribution in [-0.4, -0.2) is 37.7 Å². The maximum Gasteiger partial charge on any atom is 0.349 e. The Labute approximate surface area is 139 Å². The summed E-state index contributed by atoms with van der Waals surface area (Å²) in [5.74, 6) is -0.901. The van der Waals surface area contributed by atoms with Gasteiger partial charge in [-0.2, -0.15) is 0 Å². The van der Waals surface area contributed by atoms with Gasteiger partial charge in [-0.15, -0.1) is 34.4 Å². The summed E-state index contributed by atoms with van der Waals surface area (Å²) in [7, 11) is 2.54. The average molecular weight is 356 g/mol. The van der Waals surface area contributed by atoms with E-state index in [-0.39, 0.29) is 11.5 Å². The molecule has 2 aromatic heterocycles. The van der Waals surface area contributed by atoms with E-state index in [0.717, 1.165) is 11.3 Å². The van der Waals surface area contributed by atoms with Crippen molar-refractivity contribution in [3.05, 3.63) is 38.2 Å². The van der Waals surface area contributed by atoms with Crippen molar-refractivity contribution in [1.29, 1.82) is 0 Å². The number of carbonyl (C=O) groups excluding carboxylic acids is 3. The van der Waals surface area contributed by atoms with Crippen LogP contribution in [0.15, 0.2) is 28.5 Å². The summed E-state index contributed by atoms with van der Waals surface area (Å²) in [5, 5.41) is 1.83. The van der Waals surface area contributed by atoms with Gasteiger partial charge in [0.15, 0.2) is 5.78 Å². The van der Waals surface area contributed by atoms with Gasteiger partial charge in [-0.25, -0.2) is 9.59 Å². The Morgan fingerprint density at radius 2 is 1.86 bits per heavy atom. The van der Waals surface area contributed by atoms with E-state index < -0.39 is 11.9 Å². The maximum atomic E-state index is 12.0. The van der Waals surface area contributed by atoms with E-state index in [1.807, 2.05) is 11.4 Å². The number of Topliss-reactive ketones (excluding diaryl/α,β-unsaturated/α-hetero) is 1. The van der Waals surface area contributed by atoms with Crippen LogP contribution in [-0.2, 0) is 9.47 Å². The van der Waals surface area contributed by atoms with E-state index in [1.165, 1.54) is 37.3 Å². The number of ketones is 1. The van der Waals surface area contributed by atoms with Crippen LogP contribution in [0.4, 0.5) is 0 Å². The van der Waals surface area contributed by atoms with E-state index in [9.17, 15) is 14.4 Å². The fourth-order valence-electron chi connectivity index (χ4n) is 1.57. The Morgan fingerprint density at radius 3 is 2.45 bits per heavy atom. The monoisotopic (exact) mass is 356 g/mol. The molecule has 0 unspecified atom stereocenters. The zero-order chi connectivity index (χ0) is 16.1. The highest BCUT2D eigenvalue weighted by Gasteiger charge is 2.22. The van der Waals surface area contributed by atoms with Crippen molar-refractivity contribution in [2.24, 2.45) is 0 Å². The highest BCUT2D eigenvalue weighted by atomic mass is 32.2. The van der Waals surface area contributed by atoms with Gasteiger partial charge in [0.2, 0.25) is 0 Å². The molecule has 0 spiro atoms. The van der Waals surface area contributed by atoms with Crippen LogP contribution in [0.3, 0.4) is 0 Å². The second-order valence-corrected chi connectivity index (χ2v) is 6.99. The molecule has 0 aliphatic carbocycles. The molecular formula is C14H12O5S3. The molecule has 2 aromatic rings. The van der Waals surface area contributed by atoms with Gasteiger partial charge in [-0.05, 0) is 17.5 Å². The Balaban J connectivity index is 2.18. The largest absolute Gasteiger partial charge is 0.465 e. The molecule has 2 heterocycles. The lowest BCUT2D eigenvalue weighted by Gasteiger charge is -2.01. The van der Waals surface area contributed by atoms with Crippen molar-refractivity contribution in [2.45, 2.75) is 4.90 Å². The molecular weight excluding hydrogens is 344 g/mol. The molecule has 2 rings (SSSR count). The predicted octanol–water partition coefficient (Wildman–Crippen LogP) is 3.36. The number of methoxy groups -OCH3 is 2. The van der Waals surface area contributed by atoms with Crippen molar-refractivity contribution in [3.63, 3.8) is 0 Å². The quantitative estimate of drug-likeness (QED) is 0.449. The van der Waals surface area contributed by atoms with Gasteiger partial charge < -0.3 is 9.47 Å². The lowest BCUT2D eigenvalue weighted by molar-refractivity contribution is 0.0596. The van der Waals surface area contributed by atoms with Gasteiger partial charge in [0.1, 0.15) is 9.75 Å². The second kappa shape index (κ2) is 7.57. The number of thioether (sulfide) groups is 1. The lowest BCUT2D eigenvalue weighted by Crippen LogP contribution is -2.02. The van der Waals surface area contributed by atoms with Gasteiger partial charge in [-0.1, -0.05) is 6.07 Å². The second-order valence-electron chi connectivity index (χ2n) is 3.98. The zero-order valence-corrected chi connectivity index (χ0v) is 14.2. The zero-order valence-electron chi connectivity index (χ0n) is 11.8. The smallest absolute Gasteiger partial charge is 0.349 e. The number of carbonyl (C=O) groups is 3. The number of thiophene rings is 2. The SMILES string of the molecule is COC(=O)c1cc(SCC(=O)c2cccs2)c(C(=O)OC)s1. The van der Waals surface area contributed by atoms with Crippen molar-refractivity contribution in [3.8, 4) is 0 Å². The molecule has 22 heavy (non-hydrogen) atoms. The highest BCUT2D eigenvalue weighted by molar-refractivity contribution is 8.00. The number of ether oxygens (including phenoxy) is 2. The van der Waals surface area contributed by atoms with E-state index in [0.29, 0.717) is 19.5 Å². The van der Waals surface area contributed by atoms with Crippen LogP contribution in [0.2, 0.25) is 0 Å². The normalized spacial score (nSPS) is 10.3. The molecule has 116 valence electrons. The molecule has 0 fully saturated rings. The maximum absolute atomic E-state index is 12.0. The summed E-state index contributed by atoms with van der Waals surface area (Å²) < 4.78 is 9.35. The summed E-state index contributed by atoms with van der Waals surface area (Å²) in [5.41, 5.74) is 0. The molecule has 0 aromatic carbocycles. The van der Waals surface area contributed by atoms with Gasteiger partial charge in [0.25, 0.3) is 0 Å². The summed E-state index contributed by atoms with van der Waals surface area (Å²) in [4.78, 5) is 37.2. The summed E-state index contributed by atoms with van der Waals surface area (Å²) in [6.07, 6.45) is 0. The number of hydrogen-bond donors (Lipinski definition) is 0. The van der Waals surface area contributed by atoms with Crippen molar-refractivity contribution < 1.29 is 23.9 Å². The molecule has 0 aliphatic rings. The fourth-order valence-corrected chi connectivity index (χ4v) is 4.45. The van der Waals surface area contributed by atoms with Crippen LogP contribution in [0.25, 0.3) is 0 Å². The standard InChI is InChI=1S/C14H12O5S3/c1-18-13(16)11-6-10(12(22-11)14(17)19-2)21-7-8(15)9-4-3-5-20-9/h3-6H,7H2,1-2H3. The topological polar surface area (TPSA) is 69.7 Å². The molecule has 5 nitrogen and oxygen atoms in total. The van der Waals surface area contributed by atoms with Crippen LogP contribution >= 0.6 is 34.4 Å². The number of rotatable bonds is 6. The Kier molecular flexibility index (Phi) is 5.76. The van der Waals surface area contributed by atoms with E-state index in [2.05, 4.69) is 4.74 Å². The first-order valence-electron chi connectivity index (χ1n) is 6.06. The summed E-state index contributed by atoms with van der Waals surface area (Å²) in [6, 6.07) is 5.11. The van der Waals surface area contributed by atoms with Gasteiger partial charge >= 0.3 is 11.9 Å². The fraction of sp³-hybridized carbons (Fsp3) is 0.214. The van der Waals surface area contributed by atoms with Gasteiger partial charge in [0, 0.05) is 4.90 Å². The average Bonchev–Trinajstić information content (AvgIpc) is 3.20. The Hall–Kier alpha value is -1.64. The molecule has 0 N–H and O–H groups in total. The van der Waals surface area contributed by atoms with Crippen molar-refractivity contribution in [1.82, 2.24) is 0 Å². The third kappa shape index (κ3) is 3.76. The van der Waals surface area contributed by atoms with Crippen LogP contribution < -0.4 is 0 Å². The molecule has 0 amide bonds. The predicted molar refractivity (Wildman–Crippen MR) is 86.4 cm³/mol. The first kappa shape index (κ1) is 16.7. The summed E-state index contributed by atoms with van der Waals surface area (Å²) >= 11 is 3.57. The van der Waals surface area contributed by atoms with Gasteiger partial charge in [0.05, 0.1) is 24.8 Å². The molecule has 8 heteroatoms. The van der Waals surface area contributed by atoms with Crippen LogP contribution in [0.5, 0.6) is 0 Å². The third-order valence-electron chi connectivity index (χ3n) is 2.61. The lowest BCUT2D eigenvalue weighted by atomic mass is 10.4. The van der Waals surface area contributed by atoms with E-state index in [1.54, 1.807) is 12.1 Å². The highest BCUT2D eigenvalue weighted by Crippen LogP contribution is 2.32. The van der Waals surface area contributed by atoms with E-state index >= 15 is 0 Å². The third-order valence-corrected chi connectivity index (χ3v) is 5.78. The number of esters is 2. The first-order valence-corrected chi connectivity index (χ1v) is 8.75. The van der Waals surface area contributed by atoms with Crippen molar-refractivity contribution in [2.75, 3.05) is 20.0 Å². The van der Waals surface area contributed by atoms with Gasteiger partial charge in [-0.3, -0.25) is 4.79 Å². The molecule has 0 atom stereocenters. The molecule has 0 aliphatic heterocycles. The molecule has 0 bridgehead atoms. The van der Waals surface area contributed by atoms with Crippen LogP contribution in [0.1, 0.15) is 29.0 Å². The minimum absolute atomic E-state index is 0.0263. The molecule has 0 saturated carbocycles. The van der Waals surface area contributed by atoms with Crippen molar-refractivity contribution >= 4 is 52.2 Å². The first-order chi connectivity index (χ1) is 10.6. The Morgan fingerprint density at radius 1 is 1.14 bits per heavy atom. The minimum atomic E-state index is -0.536. The minimum Gasteiger partial charge on any atom is -0.465 e. The Bertz CT molecular complexity index is 687. The summed E-state index contributed by atoms with van der Waals surface area (Å²) in [6.45, 7) is 0. The number of hydrogen-bond acceptors (Lipinski definition) is 8.